The first-order valence-corrected chi connectivity index (χ1v) is 5.54. The van der Waals surface area contributed by atoms with Crippen LogP contribution in [0.2, 0.25) is 0 Å². The Kier molecular flexibility index (Phi) is 5.45. The van der Waals surface area contributed by atoms with E-state index < -0.39 is 0 Å². The van der Waals surface area contributed by atoms with E-state index in [0.29, 0.717) is 12.0 Å². The minimum Gasteiger partial charge on any atom is -0.382 e. The highest BCUT2D eigenvalue weighted by Gasteiger charge is 2.33. The van der Waals surface area contributed by atoms with Crippen molar-refractivity contribution in [2.75, 3.05) is 40.5 Å². The highest BCUT2D eigenvalue weighted by atomic mass is 16.5. The Labute approximate surface area is 87.2 Å². The molecular weight excluding hydrogens is 178 g/mol. The van der Waals surface area contributed by atoms with Crippen LogP contribution >= 0.6 is 0 Å². The van der Waals surface area contributed by atoms with Gasteiger partial charge in [0.2, 0.25) is 0 Å². The lowest BCUT2D eigenvalue weighted by Gasteiger charge is -2.28. The van der Waals surface area contributed by atoms with Crippen molar-refractivity contribution in [3.05, 3.63) is 0 Å². The molecule has 0 aliphatic heterocycles. The Balaban J connectivity index is 2.21. The summed E-state index contributed by atoms with van der Waals surface area (Å²) in [5.74, 6) is 0. The number of hydrogen-bond acceptors (Lipinski definition) is 3. The summed E-state index contributed by atoms with van der Waals surface area (Å²) in [6.45, 7) is 3.40. The van der Waals surface area contributed by atoms with Gasteiger partial charge in [0.25, 0.3) is 0 Å². The van der Waals surface area contributed by atoms with Gasteiger partial charge in [0.15, 0.2) is 0 Å². The molecule has 0 spiro atoms. The fourth-order valence-corrected chi connectivity index (χ4v) is 2.30. The zero-order chi connectivity index (χ0) is 10.3. The summed E-state index contributed by atoms with van der Waals surface area (Å²) < 4.78 is 10.6. The van der Waals surface area contributed by atoms with Crippen molar-refractivity contribution >= 4 is 0 Å². The molecule has 0 unspecified atom stereocenters. The van der Waals surface area contributed by atoms with Crippen LogP contribution in [-0.2, 0) is 9.47 Å². The fraction of sp³-hybridized carbons (Fsp3) is 1.00. The fourth-order valence-electron chi connectivity index (χ4n) is 2.30. The topological polar surface area (TPSA) is 30.5 Å². The molecule has 0 saturated heterocycles. The molecule has 0 radical (unpaired) electrons. The molecule has 0 aromatic carbocycles. The van der Waals surface area contributed by atoms with Crippen molar-refractivity contribution in [1.29, 1.82) is 0 Å². The van der Waals surface area contributed by atoms with E-state index in [1.807, 2.05) is 7.05 Å². The van der Waals surface area contributed by atoms with E-state index in [9.17, 15) is 0 Å². The molecule has 0 heterocycles. The zero-order valence-electron chi connectivity index (χ0n) is 9.47. The molecule has 0 atom stereocenters. The third kappa shape index (κ3) is 3.56. The van der Waals surface area contributed by atoms with Gasteiger partial charge in [0, 0.05) is 19.1 Å². The zero-order valence-corrected chi connectivity index (χ0v) is 9.47. The molecule has 1 saturated carbocycles. The second kappa shape index (κ2) is 6.38. The van der Waals surface area contributed by atoms with E-state index in [2.05, 4.69) is 5.32 Å². The van der Waals surface area contributed by atoms with Gasteiger partial charge in [-0.3, -0.25) is 0 Å². The number of nitrogens with one attached hydrogen (secondary N) is 1. The largest absolute Gasteiger partial charge is 0.382 e. The van der Waals surface area contributed by atoms with Gasteiger partial charge in [-0.2, -0.15) is 0 Å². The van der Waals surface area contributed by atoms with Crippen molar-refractivity contribution in [3.63, 3.8) is 0 Å². The molecule has 84 valence electrons. The second-order valence-corrected chi connectivity index (χ2v) is 4.28. The van der Waals surface area contributed by atoms with Crippen LogP contribution in [0.15, 0.2) is 0 Å². The normalized spacial score (nSPS) is 20.1. The Hall–Kier alpha value is -0.120. The Bertz CT molecular complexity index is 144. The van der Waals surface area contributed by atoms with E-state index >= 15 is 0 Å². The van der Waals surface area contributed by atoms with Crippen LogP contribution in [0, 0.1) is 5.41 Å². The lowest BCUT2D eigenvalue weighted by Crippen LogP contribution is -2.34. The highest BCUT2D eigenvalue weighted by molar-refractivity contribution is 4.86. The molecule has 3 nitrogen and oxygen atoms in total. The molecule has 0 amide bonds. The monoisotopic (exact) mass is 201 g/mol. The summed E-state index contributed by atoms with van der Waals surface area (Å²) >= 11 is 0. The maximum atomic E-state index is 5.65. The Morgan fingerprint density at radius 2 is 1.93 bits per heavy atom. The minimum atomic E-state index is 0.405. The van der Waals surface area contributed by atoms with Crippen molar-refractivity contribution in [2.24, 2.45) is 5.41 Å². The Morgan fingerprint density at radius 1 is 1.21 bits per heavy atom. The van der Waals surface area contributed by atoms with Crippen molar-refractivity contribution in [2.45, 2.75) is 25.7 Å². The number of ether oxygens (including phenoxy) is 2. The van der Waals surface area contributed by atoms with Gasteiger partial charge < -0.3 is 14.8 Å². The van der Waals surface area contributed by atoms with Crippen molar-refractivity contribution < 1.29 is 9.47 Å². The molecule has 1 aliphatic carbocycles. The van der Waals surface area contributed by atoms with Crippen molar-refractivity contribution in [3.8, 4) is 0 Å². The number of hydrogen-bond donors (Lipinski definition) is 1. The standard InChI is InChI=1S/C11H23NO2/c1-12-9-11(5-3-4-6-11)10-14-8-7-13-2/h12H,3-10H2,1-2H3. The van der Waals surface area contributed by atoms with E-state index in [1.165, 1.54) is 25.7 Å². The lowest BCUT2D eigenvalue weighted by molar-refractivity contribution is 0.0178. The summed E-state index contributed by atoms with van der Waals surface area (Å²) in [4.78, 5) is 0. The minimum absolute atomic E-state index is 0.405. The quantitative estimate of drug-likeness (QED) is 0.632. The van der Waals surface area contributed by atoms with Gasteiger partial charge >= 0.3 is 0 Å². The summed E-state index contributed by atoms with van der Waals surface area (Å²) in [6, 6.07) is 0. The highest BCUT2D eigenvalue weighted by Crippen LogP contribution is 2.37. The first-order valence-electron chi connectivity index (χ1n) is 5.54. The third-order valence-electron chi connectivity index (χ3n) is 3.06. The molecule has 1 fully saturated rings. The molecule has 14 heavy (non-hydrogen) atoms. The van der Waals surface area contributed by atoms with Crippen LogP contribution in [0.1, 0.15) is 25.7 Å². The Morgan fingerprint density at radius 3 is 2.50 bits per heavy atom. The van der Waals surface area contributed by atoms with Crippen LogP contribution < -0.4 is 5.32 Å². The van der Waals surface area contributed by atoms with E-state index in [4.69, 9.17) is 9.47 Å². The average Bonchev–Trinajstić information content (AvgIpc) is 2.63. The summed E-state index contributed by atoms with van der Waals surface area (Å²) in [6.07, 6.45) is 5.33. The predicted molar refractivity (Wildman–Crippen MR) is 57.5 cm³/mol. The van der Waals surface area contributed by atoms with E-state index in [1.54, 1.807) is 7.11 Å². The summed E-state index contributed by atoms with van der Waals surface area (Å²) in [5.41, 5.74) is 0.405. The van der Waals surface area contributed by atoms with E-state index in [0.717, 1.165) is 19.8 Å². The van der Waals surface area contributed by atoms with Crippen LogP contribution in [0.5, 0.6) is 0 Å². The van der Waals surface area contributed by atoms with Gasteiger partial charge in [0.05, 0.1) is 19.8 Å². The smallest absolute Gasteiger partial charge is 0.0700 e. The maximum absolute atomic E-state index is 5.65. The molecule has 0 aromatic heterocycles. The number of methoxy groups -OCH3 is 1. The third-order valence-corrected chi connectivity index (χ3v) is 3.06. The molecule has 0 bridgehead atoms. The van der Waals surface area contributed by atoms with Gasteiger partial charge in [-0.15, -0.1) is 0 Å². The van der Waals surface area contributed by atoms with Gasteiger partial charge in [-0.05, 0) is 19.9 Å². The maximum Gasteiger partial charge on any atom is 0.0700 e. The van der Waals surface area contributed by atoms with Crippen LogP contribution in [0.25, 0.3) is 0 Å². The second-order valence-electron chi connectivity index (χ2n) is 4.28. The van der Waals surface area contributed by atoms with Crippen LogP contribution in [-0.4, -0.2) is 40.5 Å². The lowest BCUT2D eigenvalue weighted by atomic mass is 9.87. The van der Waals surface area contributed by atoms with Gasteiger partial charge in [-0.25, -0.2) is 0 Å². The summed E-state index contributed by atoms with van der Waals surface area (Å²) in [5, 5.41) is 3.28. The number of rotatable bonds is 7. The molecular formula is C11H23NO2. The van der Waals surface area contributed by atoms with Crippen LogP contribution in [0.4, 0.5) is 0 Å². The van der Waals surface area contributed by atoms with E-state index in [-0.39, 0.29) is 0 Å². The molecule has 0 aromatic rings. The molecule has 1 N–H and O–H groups in total. The van der Waals surface area contributed by atoms with Gasteiger partial charge in [0.1, 0.15) is 0 Å². The predicted octanol–water partition coefficient (Wildman–Crippen LogP) is 1.43. The average molecular weight is 201 g/mol. The first-order chi connectivity index (χ1) is 6.83. The molecule has 1 rings (SSSR count). The van der Waals surface area contributed by atoms with Crippen molar-refractivity contribution in [1.82, 2.24) is 5.32 Å². The molecule has 1 aliphatic rings. The van der Waals surface area contributed by atoms with Gasteiger partial charge in [-0.1, -0.05) is 12.8 Å². The first kappa shape index (κ1) is 12.0. The SMILES string of the molecule is CNCC1(COCCOC)CCCC1. The van der Waals surface area contributed by atoms with Crippen LogP contribution in [0.3, 0.4) is 0 Å². The summed E-state index contributed by atoms with van der Waals surface area (Å²) in [7, 11) is 3.73. The molecule has 3 heteroatoms.